The van der Waals surface area contributed by atoms with Crippen LogP contribution >= 0.6 is 0 Å². The minimum absolute atomic E-state index is 0.00553. The molecule has 3 rings (SSSR count). The summed E-state index contributed by atoms with van der Waals surface area (Å²) in [7, 11) is 0. The van der Waals surface area contributed by atoms with Gasteiger partial charge in [0.2, 0.25) is 0 Å². The van der Waals surface area contributed by atoms with E-state index in [0.29, 0.717) is 6.42 Å². The second kappa shape index (κ2) is 6.63. The summed E-state index contributed by atoms with van der Waals surface area (Å²) in [4.78, 5) is 11.3. The number of rotatable bonds is 4. The Bertz CT molecular complexity index is 535. The highest BCUT2D eigenvalue weighted by Crippen LogP contribution is 2.34. The summed E-state index contributed by atoms with van der Waals surface area (Å²) in [5.74, 6) is -0.112. The maximum absolute atomic E-state index is 11.3. The summed E-state index contributed by atoms with van der Waals surface area (Å²) < 4.78 is 17.0. The number of esters is 1. The molecular weight excluding hydrogens is 280 g/mol. The molecule has 118 valence electrons. The van der Waals surface area contributed by atoms with Crippen molar-refractivity contribution in [3.8, 4) is 0 Å². The number of ether oxygens (including phenoxy) is 3. The highest BCUT2D eigenvalue weighted by Gasteiger charge is 2.44. The van der Waals surface area contributed by atoms with Gasteiger partial charge in [0.25, 0.3) is 0 Å². The van der Waals surface area contributed by atoms with Crippen LogP contribution in [0.3, 0.4) is 0 Å². The van der Waals surface area contributed by atoms with Crippen LogP contribution in [-0.4, -0.2) is 37.0 Å². The van der Waals surface area contributed by atoms with Crippen molar-refractivity contribution < 1.29 is 19.0 Å². The van der Waals surface area contributed by atoms with E-state index in [4.69, 9.17) is 14.2 Å². The molecule has 1 aromatic carbocycles. The van der Waals surface area contributed by atoms with Gasteiger partial charge in [-0.3, -0.25) is 4.79 Å². The number of carbonyl (C=O) groups excluding carboxylic acids is 1. The summed E-state index contributed by atoms with van der Waals surface area (Å²) >= 11 is 0. The second-order valence-corrected chi connectivity index (χ2v) is 6.02. The first-order chi connectivity index (χ1) is 10.6. The molecule has 2 aliphatic rings. The van der Waals surface area contributed by atoms with E-state index >= 15 is 0 Å². The lowest BCUT2D eigenvalue weighted by molar-refractivity contribution is -0.167. The Morgan fingerprint density at radius 1 is 1.27 bits per heavy atom. The monoisotopic (exact) mass is 302 g/mol. The third kappa shape index (κ3) is 3.76. The minimum Gasteiger partial charge on any atom is -0.462 e. The minimum atomic E-state index is -0.236. The average Bonchev–Trinajstić information content (AvgIpc) is 3.33. The van der Waals surface area contributed by atoms with Gasteiger partial charge in [-0.05, 0) is 5.56 Å². The van der Waals surface area contributed by atoms with E-state index in [9.17, 15) is 4.79 Å². The summed E-state index contributed by atoms with van der Waals surface area (Å²) in [6, 6.07) is 10.1. The zero-order valence-electron chi connectivity index (χ0n) is 13.0. The van der Waals surface area contributed by atoms with Gasteiger partial charge in [-0.1, -0.05) is 49.4 Å². The molecular formula is C18H22O4. The summed E-state index contributed by atoms with van der Waals surface area (Å²) in [6.07, 6.45) is 4.79. The van der Waals surface area contributed by atoms with Crippen LogP contribution in [0.2, 0.25) is 0 Å². The number of hydrogen-bond donors (Lipinski definition) is 0. The van der Waals surface area contributed by atoms with E-state index in [1.807, 2.05) is 18.2 Å². The van der Waals surface area contributed by atoms with Crippen molar-refractivity contribution in [3.63, 3.8) is 0 Å². The SMILES string of the molecule is CC(=O)O[C@@H]1C[C@H]([C@@H]2CO2)O[C@@H](/C=C/c2ccccc2)[C@@H]1C. The van der Waals surface area contributed by atoms with Crippen LogP contribution in [-0.2, 0) is 19.0 Å². The van der Waals surface area contributed by atoms with Gasteiger partial charge in [0.05, 0.1) is 18.8 Å². The third-order valence-corrected chi connectivity index (χ3v) is 4.27. The fourth-order valence-corrected chi connectivity index (χ4v) is 2.91. The molecule has 2 saturated heterocycles. The highest BCUT2D eigenvalue weighted by atomic mass is 16.6. The first kappa shape index (κ1) is 15.3. The van der Waals surface area contributed by atoms with Gasteiger partial charge in [0, 0.05) is 19.3 Å². The second-order valence-electron chi connectivity index (χ2n) is 6.02. The predicted molar refractivity (Wildman–Crippen MR) is 83.2 cm³/mol. The van der Waals surface area contributed by atoms with E-state index in [1.54, 1.807) is 0 Å². The topological polar surface area (TPSA) is 48.1 Å². The van der Waals surface area contributed by atoms with Gasteiger partial charge in [-0.15, -0.1) is 0 Å². The van der Waals surface area contributed by atoms with Crippen molar-refractivity contribution in [2.24, 2.45) is 5.92 Å². The lowest BCUT2D eigenvalue weighted by Gasteiger charge is -2.38. The molecule has 1 aromatic rings. The van der Waals surface area contributed by atoms with E-state index < -0.39 is 0 Å². The van der Waals surface area contributed by atoms with Gasteiger partial charge >= 0.3 is 5.97 Å². The molecule has 0 aliphatic carbocycles. The molecule has 4 nitrogen and oxygen atoms in total. The van der Waals surface area contributed by atoms with E-state index in [1.165, 1.54) is 6.92 Å². The molecule has 2 heterocycles. The predicted octanol–water partition coefficient (Wildman–Crippen LogP) is 2.82. The number of epoxide rings is 1. The maximum atomic E-state index is 11.3. The molecule has 0 unspecified atom stereocenters. The smallest absolute Gasteiger partial charge is 0.302 e. The molecule has 0 radical (unpaired) electrons. The summed E-state index contributed by atoms with van der Waals surface area (Å²) in [5, 5.41) is 0. The van der Waals surface area contributed by atoms with E-state index in [-0.39, 0.29) is 36.3 Å². The molecule has 0 spiro atoms. The first-order valence-electron chi connectivity index (χ1n) is 7.81. The van der Waals surface area contributed by atoms with Gasteiger partial charge < -0.3 is 14.2 Å². The van der Waals surface area contributed by atoms with Crippen molar-refractivity contribution in [2.75, 3.05) is 6.61 Å². The van der Waals surface area contributed by atoms with Gasteiger partial charge in [-0.2, -0.15) is 0 Å². The third-order valence-electron chi connectivity index (χ3n) is 4.27. The fraction of sp³-hybridized carbons (Fsp3) is 0.500. The number of hydrogen-bond acceptors (Lipinski definition) is 4. The lowest BCUT2D eigenvalue weighted by atomic mass is 9.88. The highest BCUT2D eigenvalue weighted by molar-refractivity contribution is 5.66. The van der Waals surface area contributed by atoms with Crippen LogP contribution in [0.15, 0.2) is 36.4 Å². The van der Waals surface area contributed by atoms with Gasteiger partial charge in [0.15, 0.2) is 0 Å². The Labute approximate surface area is 131 Å². The van der Waals surface area contributed by atoms with Crippen LogP contribution in [0.25, 0.3) is 6.08 Å². The molecule has 0 aromatic heterocycles. The van der Waals surface area contributed by atoms with E-state index in [2.05, 4.69) is 31.2 Å². The normalized spacial score (nSPS) is 34.5. The molecule has 0 saturated carbocycles. The molecule has 0 bridgehead atoms. The van der Waals surface area contributed by atoms with Crippen molar-refractivity contribution in [2.45, 2.75) is 44.7 Å². The van der Waals surface area contributed by atoms with Crippen LogP contribution < -0.4 is 0 Å². The zero-order chi connectivity index (χ0) is 15.5. The van der Waals surface area contributed by atoms with Crippen LogP contribution in [0.1, 0.15) is 25.8 Å². The molecule has 0 amide bonds. The maximum Gasteiger partial charge on any atom is 0.302 e. The Hall–Kier alpha value is -1.65. The fourth-order valence-electron chi connectivity index (χ4n) is 2.91. The molecule has 2 fully saturated rings. The molecule has 4 heteroatoms. The zero-order valence-corrected chi connectivity index (χ0v) is 13.0. The quantitative estimate of drug-likeness (QED) is 0.634. The Balaban J connectivity index is 1.72. The molecule has 2 aliphatic heterocycles. The number of carbonyl (C=O) groups is 1. The summed E-state index contributed by atoms with van der Waals surface area (Å²) in [6.45, 7) is 4.26. The molecule has 0 N–H and O–H groups in total. The van der Waals surface area contributed by atoms with Gasteiger partial charge in [-0.25, -0.2) is 0 Å². The van der Waals surface area contributed by atoms with Gasteiger partial charge in [0.1, 0.15) is 12.2 Å². The standard InChI is InChI=1S/C18H22O4/c1-12-15(9-8-14-6-4-3-5-7-14)22-17(18-11-20-18)10-16(12)21-13(2)19/h3-9,12,15-18H,10-11H2,1-2H3/b9-8+/t12-,15-,16+,17+,18-/m0/s1. The Morgan fingerprint density at radius 3 is 2.64 bits per heavy atom. The van der Waals surface area contributed by atoms with E-state index in [0.717, 1.165) is 12.2 Å². The largest absolute Gasteiger partial charge is 0.462 e. The van der Waals surface area contributed by atoms with Crippen LogP contribution in [0.5, 0.6) is 0 Å². The van der Waals surface area contributed by atoms with Crippen LogP contribution in [0, 0.1) is 5.92 Å². The van der Waals surface area contributed by atoms with Crippen molar-refractivity contribution in [1.82, 2.24) is 0 Å². The molecule has 5 atom stereocenters. The van der Waals surface area contributed by atoms with Crippen molar-refractivity contribution in [3.05, 3.63) is 42.0 Å². The van der Waals surface area contributed by atoms with Crippen molar-refractivity contribution >= 4 is 12.0 Å². The lowest BCUT2D eigenvalue weighted by Crippen LogP contribution is -2.45. The average molecular weight is 302 g/mol. The summed E-state index contributed by atoms with van der Waals surface area (Å²) in [5.41, 5.74) is 1.13. The Morgan fingerprint density at radius 2 is 2.00 bits per heavy atom. The molecule has 22 heavy (non-hydrogen) atoms. The van der Waals surface area contributed by atoms with Crippen LogP contribution in [0.4, 0.5) is 0 Å². The number of benzene rings is 1. The Kier molecular flexibility index (Phi) is 4.60. The van der Waals surface area contributed by atoms with Crippen molar-refractivity contribution in [1.29, 1.82) is 0 Å². The first-order valence-corrected chi connectivity index (χ1v) is 7.81.